The van der Waals surface area contributed by atoms with E-state index in [1.165, 1.54) is 32.3 Å². The van der Waals surface area contributed by atoms with Crippen molar-refractivity contribution in [2.24, 2.45) is 0 Å². The van der Waals surface area contributed by atoms with Crippen molar-refractivity contribution in [1.82, 2.24) is 4.98 Å². The number of hydrogen-bond acceptors (Lipinski definition) is 2. The molecule has 0 fully saturated rings. The van der Waals surface area contributed by atoms with Crippen LogP contribution in [-0.2, 0) is 4.74 Å². The zero-order chi connectivity index (χ0) is 22.2. The first-order valence-corrected chi connectivity index (χ1v) is 11.2. The molecule has 0 saturated carbocycles. The average Bonchev–Trinajstić information content (AvgIpc) is 3.24. The molecule has 32 heavy (non-hydrogen) atoms. The predicted octanol–water partition coefficient (Wildman–Crippen LogP) is 7.94. The van der Waals surface area contributed by atoms with E-state index in [1.807, 2.05) is 45.0 Å². The number of nitrogens with one attached hydrogen (secondary N) is 1. The number of fused-ring (bicyclic) bond motifs is 3. The molecule has 3 heteroatoms. The molecule has 1 N–H and O–H groups in total. The minimum atomic E-state index is -0.286. The average molecular weight is 420 g/mol. The number of carbonyl (C=O) groups is 1. The first-order chi connectivity index (χ1) is 15.8. The predicted molar refractivity (Wildman–Crippen MR) is 135 cm³/mol. The van der Waals surface area contributed by atoms with Gasteiger partial charge in [-0.1, -0.05) is 68.4 Å². The smallest absolute Gasteiger partial charge is 0.338 e. The van der Waals surface area contributed by atoms with Crippen molar-refractivity contribution in [2.45, 2.75) is 20.8 Å². The molecule has 1 heterocycles. The van der Waals surface area contributed by atoms with E-state index < -0.39 is 0 Å². The second-order valence-electron chi connectivity index (χ2n) is 7.61. The van der Waals surface area contributed by atoms with Crippen molar-refractivity contribution in [3.63, 3.8) is 0 Å². The highest BCUT2D eigenvalue weighted by molar-refractivity contribution is 6.34. The lowest BCUT2D eigenvalue weighted by Crippen LogP contribution is -2.06. The Morgan fingerprint density at radius 2 is 1.41 bits per heavy atom. The summed E-state index contributed by atoms with van der Waals surface area (Å²) in [5, 5.41) is 7.44. The summed E-state index contributed by atoms with van der Waals surface area (Å²) in [4.78, 5) is 16.1. The topological polar surface area (TPSA) is 42.1 Å². The summed E-state index contributed by atoms with van der Waals surface area (Å²) >= 11 is 0. The Labute approximate surface area is 187 Å². The minimum Gasteiger partial charge on any atom is -0.462 e. The van der Waals surface area contributed by atoms with Crippen LogP contribution in [0.3, 0.4) is 0 Å². The summed E-state index contributed by atoms with van der Waals surface area (Å²) in [5.41, 5.74) is 4.82. The number of rotatable bonds is 3. The maximum Gasteiger partial charge on any atom is 0.338 e. The Bertz CT molecular complexity index is 1580. The highest BCUT2D eigenvalue weighted by atomic mass is 16.5. The number of esters is 1. The maximum atomic E-state index is 12.5. The van der Waals surface area contributed by atoms with Gasteiger partial charge in [0.05, 0.1) is 12.2 Å². The lowest BCUT2D eigenvalue weighted by Gasteiger charge is -2.13. The van der Waals surface area contributed by atoms with Crippen molar-refractivity contribution in [3.8, 4) is 11.1 Å². The quantitative estimate of drug-likeness (QED) is 0.234. The van der Waals surface area contributed by atoms with Crippen LogP contribution in [0.2, 0.25) is 0 Å². The van der Waals surface area contributed by atoms with Crippen LogP contribution in [0.1, 0.15) is 31.1 Å². The standard InChI is InChI=1S/C27H19NO2.C2H6/c1-2-30-27(29)21-8-4-3-7-17(21)16-13-14-18-19-9-5-11-23-25(19)26-20(22(18)15-16)10-6-12-24(26)28-23;1-2/h3-15,28H,2H2,1H3;1-2H3. The summed E-state index contributed by atoms with van der Waals surface area (Å²) in [6.45, 7) is 6.19. The molecule has 0 unspecified atom stereocenters. The van der Waals surface area contributed by atoms with E-state index in [2.05, 4.69) is 59.6 Å². The summed E-state index contributed by atoms with van der Waals surface area (Å²) in [7, 11) is 0. The van der Waals surface area contributed by atoms with Gasteiger partial charge >= 0.3 is 5.97 Å². The van der Waals surface area contributed by atoms with Crippen LogP contribution in [0, 0.1) is 0 Å². The summed E-state index contributed by atoms with van der Waals surface area (Å²) in [6, 6.07) is 27.0. The van der Waals surface area contributed by atoms with Crippen LogP contribution >= 0.6 is 0 Å². The molecule has 0 aliphatic rings. The van der Waals surface area contributed by atoms with Crippen LogP contribution in [0.15, 0.2) is 78.9 Å². The van der Waals surface area contributed by atoms with Crippen molar-refractivity contribution < 1.29 is 9.53 Å². The molecule has 1 aromatic heterocycles. The Morgan fingerprint density at radius 1 is 0.750 bits per heavy atom. The van der Waals surface area contributed by atoms with Gasteiger partial charge in [0.1, 0.15) is 0 Å². The largest absolute Gasteiger partial charge is 0.462 e. The van der Waals surface area contributed by atoms with Crippen molar-refractivity contribution >= 4 is 49.3 Å². The summed E-state index contributed by atoms with van der Waals surface area (Å²) in [5.74, 6) is -0.286. The molecule has 0 atom stereocenters. The SMILES string of the molecule is CC.CCOC(=O)c1ccccc1-c1ccc2c(c1)c1cccc3[nH]c4cccc2c4c31. The fraction of sp³-hybridized carbons (Fsp3) is 0.138. The van der Waals surface area contributed by atoms with Crippen molar-refractivity contribution in [1.29, 1.82) is 0 Å². The van der Waals surface area contributed by atoms with E-state index in [0.717, 1.165) is 22.2 Å². The molecular weight excluding hydrogens is 394 g/mol. The van der Waals surface area contributed by atoms with Gasteiger partial charge in [-0.05, 0) is 63.9 Å². The van der Waals surface area contributed by atoms with E-state index >= 15 is 0 Å². The summed E-state index contributed by atoms with van der Waals surface area (Å²) < 4.78 is 5.28. The lowest BCUT2D eigenvalue weighted by molar-refractivity contribution is 0.0527. The Balaban J connectivity index is 0.00000105. The molecular formula is C29H25NO2. The third kappa shape index (κ3) is 2.93. The molecule has 0 aliphatic heterocycles. The number of benzene rings is 5. The highest BCUT2D eigenvalue weighted by Gasteiger charge is 2.17. The molecule has 6 rings (SSSR count). The van der Waals surface area contributed by atoms with Gasteiger partial charge in [-0.25, -0.2) is 4.79 Å². The molecule has 0 bridgehead atoms. The fourth-order valence-corrected chi connectivity index (χ4v) is 4.74. The molecule has 0 radical (unpaired) electrons. The molecule has 6 aromatic rings. The third-order valence-electron chi connectivity index (χ3n) is 5.98. The van der Waals surface area contributed by atoms with Crippen molar-refractivity contribution in [2.75, 3.05) is 6.61 Å². The second-order valence-corrected chi connectivity index (χ2v) is 7.61. The van der Waals surface area contributed by atoms with Gasteiger partial charge in [0, 0.05) is 21.8 Å². The number of carbonyl (C=O) groups excluding carboxylic acids is 1. The third-order valence-corrected chi connectivity index (χ3v) is 5.98. The normalized spacial score (nSPS) is 11.2. The highest BCUT2D eigenvalue weighted by Crippen LogP contribution is 2.42. The van der Waals surface area contributed by atoms with Gasteiger partial charge < -0.3 is 9.72 Å². The van der Waals surface area contributed by atoms with Gasteiger partial charge in [-0.3, -0.25) is 0 Å². The number of aromatic amines is 1. The molecule has 5 aromatic carbocycles. The molecule has 158 valence electrons. The maximum absolute atomic E-state index is 12.5. The zero-order valence-electron chi connectivity index (χ0n) is 18.5. The number of ether oxygens (including phenoxy) is 1. The number of aromatic nitrogens is 1. The van der Waals surface area contributed by atoms with Gasteiger partial charge in [0.25, 0.3) is 0 Å². The van der Waals surface area contributed by atoms with Crippen LogP contribution < -0.4 is 0 Å². The van der Waals surface area contributed by atoms with Crippen LogP contribution in [0.5, 0.6) is 0 Å². The van der Waals surface area contributed by atoms with E-state index in [-0.39, 0.29) is 5.97 Å². The van der Waals surface area contributed by atoms with Crippen LogP contribution in [0.4, 0.5) is 0 Å². The molecule has 0 spiro atoms. The molecule has 0 amide bonds. The van der Waals surface area contributed by atoms with Gasteiger partial charge in [0.15, 0.2) is 0 Å². The zero-order valence-corrected chi connectivity index (χ0v) is 18.5. The van der Waals surface area contributed by atoms with Crippen LogP contribution in [0.25, 0.3) is 54.5 Å². The summed E-state index contributed by atoms with van der Waals surface area (Å²) in [6.07, 6.45) is 0. The first kappa shape index (κ1) is 20.1. The molecule has 0 saturated heterocycles. The molecule has 0 aliphatic carbocycles. The second kappa shape index (κ2) is 8.01. The Kier molecular flexibility index (Phi) is 5.02. The van der Waals surface area contributed by atoms with Gasteiger partial charge in [-0.15, -0.1) is 0 Å². The van der Waals surface area contributed by atoms with E-state index in [4.69, 9.17) is 4.74 Å². The van der Waals surface area contributed by atoms with E-state index in [9.17, 15) is 4.79 Å². The van der Waals surface area contributed by atoms with Crippen LogP contribution in [-0.4, -0.2) is 17.6 Å². The Hall–Kier alpha value is -3.85. The molecule has 3 nitrogen and oxygen atoms in total. The number of H-pyrrole nitrogens is 1. The fourth-order valence-electron chi connectivity index (χ4n) is 4.74. The van der Waals surface area contributed by atoms with E-state index in [1.54, 1.807) is 0 Å². The van der Waals surface area contributed by atoms with Gasteiger partial charge in [0.2, 0.25) is 0 Å². The lowest BCUT2D eigenvalue weighted by atomic mass is 9.91. The minimum absolute atomic E-state index is 0.286. The van der Waals surface area contributed by atoms with Gasteiger partial charge in [-0.2, -0.15) is 0 Å². The first-order valence-electron chi connectivity index (χ1n) is 11.2. The monoisotopic (exact) mass is 419 g/mol. The van der Waals surface area contributed by atoms with E-state index in [0.29, 0.717) is 12.2 Å². The Morgan fingerprint density at radius 3 is 2.09 bits per heavy atom. The van der Waals surface area contributed by atoms with Crippen molar-refractivity contribution in [3.05, 3.63) is 84.4 Å². The number of hydrogen-bond donors (Lipinski definition) is 1.